The summed E-state index contributed by atoms with van der Waals surface area (Å²) in [6.45, 7) is 1.19. The highest BCUT2D eigenvalue weighted by molar-refractivity contribution is 5.89. The number of hydrogen-bond acceptors (Lipinski definition) is 8. The van der Waals surface area contributed by atoms with Gasteiger partial charge in [0.15, 0.2) is 0 Å². The quantitative estimate of drug-likeness (QED) is 0.637. The van der Waals surface area contributed by atoms with Crippen LogP contribution in [0, 0.1) is 5.92 Å². The van der Waals surface area contributed by atoms with Gasteiger partial charge in [-0.3, -0.25) is 9.78 Å². The fourth-order valence-electron chi connectivity index (χ4n) is 1.92. The number of methoxy groups -OCH3 is 2. The number of aromatic nitrogens is 1. The zero-order valence-electron chi connectivity index (χ0n) is 12.5. The number of aliphatic hydroxyl groups is 1. The van der Waals surface area contributed by atoms with Gasteiger partial charge < -0.3 is 25.0 Å². The molecule has 1 fully saturated rings. The zero-order chi connectivity index (χ0) is 16.5. The molecule has 122 valence electrons. The first-order chi connectivity index (χ1) is 10.5. The van der Waals surface area contributed by atoms with Crippen LogP contribution in [0.2, 0.25) is 0 Å². The van der Waals surface area contributed by atoms with E-state index < -0.39 is 12.1 Å². The van der Waals surface area contributed by atoms with Crippen LogP contribution in [0.1, 0.15) is 16.8 Å². The number of pyridine rings is 1. The van der Waals surface area contributed by atoms with E-state index in [-0.39, 0.29) is 23.2 Å². The molecule has 3 N–H and O–H groups in total. The van der Waals surface area contributed by atoms with Crippen molar-refractivity contribution in [1.82, 2.24) is 10.3 Å². The number of rotatable bonds is 2. The Kier molecular flexibility index (Phi) is 7.27. The number of nitrogens with zero attached hydrogens (tertiary/aromatic N) is 1. The van der Waals surface area contributed by atoms with Crippen molar-refractivity contribution in [3.05, 3.63) is 24.0 Å². The average Bonchev–Trinajstić information content (AvgIpc) is 2.54. The largest absolute Gasteiger partial charge is 0.506 e. The molecule has 8 nitrogen and oxygen atoms in total. The van der Waals surface area contributed by atoms with Crippen LogP contribution in [0.4, 0.5) is 0 Å². The SMILES string of the molecule is COC(=O)C1CNCC(O)C1.COC(=O)c1cncc(O)c1. The summed E-state index contributed by atoms with van der Waals surface area (Å²) in [4.78, 5) is 25.3. The maximum absolute atomic E-state index is 10.9. The third-order valence-electron chi connectivity index (χ3n) is 3.01. The normalized spacial score (nSPS) is 20.3. The lowest BCUT2D eigenvalue weighted by atomic mass is 9.98. The van der Waals surface area contributed by atoms with E-state index in [4.69, 9.17) is 10.2 Å². The maximum Gasteiger partial charge on any atom is 0.339 e. The van der Waals surface area contributed by atoms with Crippen molar-refractivity contribution in [3.8, 4) is 5.75 Å². The molecule has 1 aromatic heterocycles. The van der Waals surface area contributed by atoms with Gasteiger partial charge >= 0.3 is 11.9 Å². The van der Waals surface area contributed by atoms with E-state index in [0.29, 0.717) is 19.5 Å². The van der Waals surface area contributed by atoms with Gasteiger partial charge in [0.25, 0.3) is 0 Å². The molecule has 0 bridgehead atoms. The number of aromatic hydroxyl groups is 1. The first kappa shape index (κ1) is 17.9. The Balaban J connectivity index is 0.000000220. The summed E-state index contributed by atoms with van der Waals surface area (Å²) in [6.07, 6.45) is 2.67. The van der Waals surface area contributed by atoms with Crippen molar-refractivity contribution >= 4 is 11.9 Å². The maximum atomic E-state index is 10.9. The van der Waals surface area contributed by atoms with Crippen LogP contribution in [-0.4, -0.2) is 60.5 Å². The summed E-state index contributed by atoms with van der Waals surface area (Å²) >= 11 is 0. The Morgan fingerprint density at radius 3 is 2.55 bits per heavy atom. The van der Waals surface area contributed by atoms with E-state index in [2.05, 4.69) is 19.8 Å². The van der Waals surface area contributed by atoms with E-state index in [1.165, 1.54) is 32.7 Å². The topological polar surface area (TPSA) is 118 Å². The molecular weight excluding hydrogens is 292 g/mol. The summed E-state index contributed by atoms with van der Waals surface area (Å²) in [5.41, 5.74) is 0.243. The highest BCUT2D eigenvalue weighted by Crippen LogP contribution is 2.11. The second kappa shape index (κ2) is 8.96. The predicted molar refractivity (Wildman–Crippen MR) is 76.2 cm³/mol. The molecule has 2 rings (SSSR count). The third kappa shape index (κ3) is 5.66. The van der Waals surface area contributed by atoms with Gasteiger partial charge in [-0.25, -0.2) is 4.79 Å². The molecular formula is C14H20N2O6. The summed E-state index contributed by atoms with van der Waals surface area (Å²) in [6, 6.07) is 1.29. The van der Waals surface area contributed by atoms with Crippen molar-refractivity contribution in [2.45, 2.75) is 12.5 Å². The molecule has 1 aromatic rings. The Morgan fingerprint density at radius 2 is 2.00 bits per heavy atom. The fourth-order valence-corrected chi connectivity index (χ4v) is 1.92. The minimum atomic E-state index is -0.506. The van der Waals surface area contributed by atoms with Gasteiger partial charge in [-0.15, -0.1) is 0 Å². The van der Waals surface area contributed by atoms with Gasteiger partial charge in [-0.2, -0.15) is 0 Å². The van der Waals surface area contributed by atoms with Crippen LogP contribution in [0.5, 0.6) is 5.75 Å². The molecule has 0 amide bonds. The number of piperidine rings is 1. The molecule has 0 aromatic carbocycles. The number of β-amino-alcohol motifs (C(OH)–C–C–N with tert-alkyl or cyclic N) is 1. The molecule has 1 saturated heterocycles. The van der Waals surface area contributed by atoms with E-state index in [9.17, 15) is 9.59 Å². The van der Waals surface area contributed by atoms with Crippen LogP contribution < -0.4 is 5.32 Å². The molecule has 1 aliphatic rings. The third-order valence-corrected chi connectivity index (χ3v) is 3.01. The number of ether oxygens (including phenoxy) is 2. The number of nitrogens with one attached hydrogen (secondary N) is 1. The van der Waals surface area contributed by atoms with Crippen molar-refractivity contribution in [2.24, 2.45) is 5.92 Å². The molecule has 2 atom stereocenters. The Morgan fingerprint density at radius 1 is 1.27 bits per heavy atom. The summed E-state index contributed by atoms with van der Waals surface area (Å²) < 4.78 is 8.95. The van der Waals surface area contributed by atoms with Gasteiger partial charge in [0.05, 0.1) is 38.0 Å². The Bertz CT molecular complexity index is 508. The lowest BCUT2D eigenvalue weighted by Gasteiger charge is -2.24. The van der Waals surface area contributed by atoms with Crippen molar-refractivity contribution in [2.75, 3.05) is 27.3 Å². The highest BCUT2D eigenvalue weighted by atomic mass is 16.5. The van der Waals surface area contributed by atoms with E-state index in [0.717, 1.165) is 0 Å². The number of aliphatic hydroxyl groups excluding tert-OH is 1. The van der Waals surface area contributed by atoms with Gasteiger partial charge in [0.1, 0.15) is 5.75 Å². The molecule has 0 spiro atoms. The second-order valence-electron chi connectivity index (χ2n) is 4.69. The van der Waals surface area contributed by atoms with Crippen LogP contribution in [0.15, 0.2) is 18.5 Å². The van der Waals surface area contributed by atoms with Crippen LogP contribution in [0.25, 0.3) is 0 Å². The second-order valence-corrected chi connectivity index (χ2v) is 4.69. The number of carbonyl (C=O) groups excluding carboxylic acids is 2. The summed E-state index contributed by atoms with van der Waals surface area (Å²) in [5, 5.41) is 21.0. The predicted octanol–water partition coefficient (Wildman–Crippen LogP) is -0.296. The van der Waals surface area contributed by atoms with Gasteiger partial charge in [0.2, 0.25) is 0 Å². The minimum absolute atomic E-state index is 0.0482. The molecule has 0 radical (unpaired) electrons. The molecule has 8 heteroatoms. The average molecular weight is 312 g/mol. The molecule has 22 heavy (non-hydrogen) atoms. The van der Waals surface area contributed by atoms with Gasteiger partial charge in [0, 0.05) is 19.3 Å². The summed E-state index contributed by atoms with van der Waals surface area (Å²) in [7, 11) is 2.63. The fraction of sp³-hybridized carbons (Fsp3) is 0.500. The first-order valence-electron chi connectivity index (χ1n) is 6.66. The number of hydrogen-bond donors (Lipinski definition) is 3. The van der Waals surface area contributed by atoms with E-state index in [1.54, 1.807) is 0 Å². The van der Waals surface area contributed by atoms with E-state index >= 15 is 0 Å². The molecule has 2 unspecified atom stereocenters. The molecule has 0 aliphatic carbocycles. The standard InChI is InChI=1S/C7H13NO3.C7H7NO3/c2*1-11-7(10)5-2-6(9)4-8-3-5/h5-6,8-9H,2-4H2,1H3;2-4,9H,1H3. The van der Waals surface area contributed by atoms with Crippen molar-refractivity contribution in [3.63, 3.8) is 0 Å². The molecule has 2 heterocycles. The van der Waals surface area contributed by atoms with Crippen LogP contribution >= 0.6 is 0 Å². The molecule has 0 saturated carbocycles. The highest BCUT2D eigenvalue weighted by Gasteiger charge is 2.26. The Hall–Kier alpha value is -2.19. The van der Waals surface area contributed by atoms with Gasteiger partial charge in [-0.1, -0.05) is 0 Å². The Labute approximate surface area is 128 Å². The van der Waals surface area contributed by atoms with E-state index in [1.807, 2.05) is 0 Å². The van der Waals surface area contributed by atoms with Crippen molar-refractivity contribution < 1.29 is 29.3 Å². The minimum Gasteiger partial charge on any atom is -0.506 e. The zero-order valence-corrected chi connectivity index (χ0v) is 12.5. The lowest BCUT2D eigenvalue weighted by molar-refractivity contribution is -0.147. The van der Waals surface area contributed by atoms with Gasteiger partial charge in [-0.05, 0) is 12.5 Å². The number of carbonyl (C=O) groups is 2. The lowest BCUT2D eigenvalue weighted by Crippen LogP contribution is -2.42. The number of esters is 2. The monoisotopic (exact) mass is 312 g/mol. The van der Waals surface area contributed by atoms with Crippen LogP contribution in [-0.2, 0) is 14.3 Å². The van der Waals surface area contributed by atoms with Crippen LogP contribution in [0.3, 0.4) is 0 Å². The van der Waals surface area contributed by atoms with Crippen molar-refractivity contribution in [1.29, 1.82) is 0 Å². The molecule has 1 aliphatic heterocycles. The summed E-state index contributed by atoms with van der Waals surface area (Å²) in [5.74, 6) is -0.971. The first-order valence-corrected chi connectivity index (χ1v) is 6.66. The smallest absolute Gasteiger partial charge is 0.339 e.